The number of benzene rings is 1. The van der Waals surface area contributed by atoms with Crippen molar-refractivity contribution in [3.8, 4) is 0 Å². The van der Waals surface area contributed by atoms with Crippen molar-refractivity contribution >= 4 is 39.6 Å². The van der Waals surface area contributed by atoms with Gasteiger partial charge in [-0.2, -0.15) is 0 Å². The minimum Gasteiger partial charge on any atom is -0.379 e. The van der Waals surface area contributed by atoms with Crippen LogP contribution in [0.5, 0.6) is 0 Å². The largest absolute Gasteiger partial charge is 0.379 e. The third-order valence-corrected chi connectivity index (χ3v) is 3.64. The molecule has 0 fully saturated rings. The first kappa shape index (κ1) is 10.9. The van der Waals surface area contributed by atoms with E-state index in [2.05, 4.69) is 62.5 Å². The summed E-state index contributed by atoms with van der Waals surface area (Å²) in [6, 6.07) is 8.36. The zero-order valence-electron chi connectivity index (χ0n) is 8.33. The Kier molecular flexibility index (Phi) is 3.58. The monoisotopic (exact) mass is 330 g/mol. The van der Waals surface area contributed by atoms with Crippen molar-refractivity contribution in [3.05, 3.63) is 43.9 Å². The standard InChI is InChI=1S/C11H11IN2S/c1-8-7-15-11(14-8)6-13-10-4-2-9(12)3-5-10/h2-5,7,13H,6H2,1H3. The molecule has 0 aliphatic carbocycles. The first-order valence-electron chi connectivity index (χ1n) is 4.64. The van der Waals surface area contributed by atoms with Gasteiger partial charge in [-0.3, -0.25) is 0 Å². The Morgan fingerprint density at radius 1 is 1.33 bits per heavy atom. The number of hydrogen-bond donors (Lipinski definition) is 1. The number of nitrogens with zero attached hydrogens (tertiary/aromatic N) is 1. The van der Waals surface area contributed by atoms with Crippen molar-refractivity contribution < 1.29 is 0 Å². The maximum absolute atomic E-state index is 4.40. The topological polar surface area (TPSA) is 24.9 Å². The number of rotatable bonds is 3. The van der Waals surface area contributed by atoms with E-state index in [0.29, 0.717) is 0 Å². The summed E-state index contributed by atoms with van der Waals surface area (Å²) in [7, 11) is 0. The highest BCUT2D eigenvalue weighted by Crippen LogP contribution is 2.14. The van der Waals surface area contributed by atoms with Crippen LogP contribution in [0.4, 0.5) is 5.69 Å². The van der Waals surface area contributed by atoms with Gasteiger partial charge in [0.05, 0.1) is 6.54 Å². The lowest BCUT2D eigenvalue weighted by Gasteiger charge is -2.03. The van der Waals surface area contributed by atoms with E-state index in [4.69, 9.17) is 0 Å². The molecule has 0 aliphatic heterocycles. The van der Waals surface area contributed by atoms with E-state index in [-0.39, 0.29) is 0 Å². The van der Waals surface area contributed by atoms with Crippen LogP contribution in [0.25, 0.3) is 0 Å². The molecule has 2 aromatic rings. The van der Waals surface area contributed by atoms with E-state index in [1.54, 1.807) is 11.3 Å². The minimum absolute atomic E-state index is 0.805. The van der Waals surface area contributed by atoms with Gasteiger partial charge in [-0.05, 0) is 53.8 Å². The number of aromatic nitrogens is 1. The summed E-state index contributed by atoms with van der Waals surface area (Å²) >= 11 is 4.00. The molecule has 1 aromatic heterocycles. The fraction of sp³-hybridized carbons (Fsp3) is 0.182. The van der Waals surface area contributed by atoms with Crippen LogP contribution in [0.15, 0.2) is 29.6 Å². The highest BCUT2D eigenvalue weighted by molar-refractivity contribution is 14.1. The second-order valence-corrected chi connectivity index (χ2v) is 5.43. The van der Waals surface area contributed by atoms with Crippen LogP contribution in [0.3, 0.4) is 0 Å². The molecule has 1 aromatic carbocycles. The lowest BCUT2D eigenvalue weighted by molar-refractivity contribution is 1.08. The summed E-state index contributed by atoms with van der Waals surface area (Å²) in [6.07, 6.45) is 0. The molecule has 0 bridgehead atoms. The molecular formula is C11H11IN2S. The number of halogens is 1. The molecule has 2 rings (SSSR count). The second-order valence-electron chi connectivity index (χ2n) is 3.24. The summed E-state index contributed by atoms with van der Waals surface area (Å²) in [6.45, 7) is 2.82. The molecule has 0 atom stereocenters. The predicted molar refractivity (Wildman–Crippen MR) is 73.3 cm³/mol. The summed E-state index contributed by atoms with van der Waals surface area (Å²) in [5, 5.41) is 6.55. The lowest BCUT2D eigenvalue weighted by atomic mass is 10.3. The van der Waals surface area contributed by atoms with Crippen LogP contribution in [-0.2, 0) is 6.54 Å². The van der Waals surface area contributed by atoms with Gasteiger partial charge in [0.2, 0.25) is 0 Å². The van der Waals surface area contributed by atoms with Crippen molar-refractivity contribution in [3.63, 3.8) is 0 Å². The van der Waals surface area contributed by atoms with E-state index in [0.717, 1.165) is 22.9 Å². The van der Waals surface area contributed by atoms with Crippen LogP contribution in [0, 0.1) is 10.5 Å². The van der Waals surface area contributed by atoms with Crippen molar-refractivity contribution in [1.29, 1.82) is 0 Å². The Balaban J connectivity index is 1.96. The predicted octanol–water partition coefficient (Wildman–Crippen LogP) is 3.67. The Bertz CT molecular complexity index is 436. The number of hydrogen-bond acceptors (Lipinski definition) is 3. The highest BCUT2D eigenvalue weighted by Gasteiger charge is 1.98. The highest BCUT2D eigenvalue weighted by atomic mass is 127. The fourth-order valence-electron chi connectivity index (χ4n) is 1.23. The van der Waals surface area contributed by atoms with Gasteiger partial charge in [0.1, 0.15) is 5.01 Å². The summed E-state index contributed by atoms with van der Waals surface area (Å²) in [4.78, 5) is 4.40. The first-order valence-corrected chi connectivity index (χ1v) is 6.60. The Morgan fingerprint density at radius 2 is 2.07 bits per heavy atom. The Morgan fingerprint density at radius 3 is 2.67 bits per heavy atom. The molecule has 1 N–H and O–H groups in total. The van der Waals surface area contributed by atoms with Gasteiger partial charge in [-0.1, -0.05) is 0 Å². The van der Waals surface area contributed by atoms with E-state index in [1.807, 2.05) is 6.92 Å². The molecular weight excluding hydrogens is 319 g/mol. The quantitative estimate of drug-likeness (QED) is 0.869. The van der Waals surface area contributed by atoms with Crippen LogP contribution < -0.4 is 5.32 Å². The van der Waals surface area contributed by atoms with Gasteiger partial charge in [0.25, 0.3) is 0 Å². The van der Waals surface area contributed by atoms with Crippen molar-refractivity contribution in [2.24, 2.45) is 0 Å². The summed E-state index contributed by atoms with van der Waals surface area (Å²) < 4.78 is 1.25. The number of anilines is 1. The molecule has 0 radical (unpaired) electrons. The maximum Gasteiger partial charge on any atom is 0.112 e. The summed E-state index contributed by atoms with van der Waals surface area (Å²) in [5.74, 6) is 0. The summed E-state index contributed by atoms with van der Waals surface area (Å²) in [5.41, 5.74) is 2.24. The number of aryl methyl sites for hydroxylation is 1. The Hall–Kier alpha value is -0.620. The maximum atomic E-state index is 4.40. The molecule has 0 unspecified atom stereocenters. The average Bonchev–Trinajstić information content (AvgIpc) is 2.64. The Labute approximate surface area is 107 Å². The van der Waals surface area contributed by atoms with E-state index in [1.165, 1.54) is 3.57 Å². The molecule has 0 spiro atoms. The van der Waals surface area contributed by atoms with Crippen LogP contribution >= 0.6 is 33.9 Å². The van der Waals surface area contributed by atoms with Gasteiger partial charge < -0.3 is 5.32 Å². The lowest BCUT2D eigenvalue weighted by Crippen LogP contribution is -1.98. The first-order chi connectivity index (χ1) is 7.24. The molecule has 0 saturated heterocycles. The van der Waals surface area contributed by atoms with E-state index < -0.39 is 0 Å². The molecule has 0 aliphatic rings. The molecule has 1 heterocycles. The van der Waals surface area contributed by atoms with Gasteiger partial charge in [0, 0.05) is 20.3 Å². The molecule has 2 nitrogen and oxygen atoms in total. The molecule has 0 amide bonds. The number of nitrogens with one attached hydrogen (secondary N) is 1. The van der Waals surface area contributed by atoms with Gasteiger partial charge in [0.15, 0.2) is 0 Å². The van der Waals surface area contributed by atoms with E-state index in [9.17, 15) is 0 Å². The van der Waals surface area contributed by atoms with Crippen LogP contribution in [0.2, 0.25) is 0 Å². The third-order valence-electron chi connectivity index (χ3n) is 1.95. The average molecular weight is 330 g/mol. The molecule has 15 heavy (non-hydrogen) atoms. The van der Waals surface area contributed by atoms with E-state index >= 15 is 0 Å². The zero-order chi connectivity index (χ0) is 10.7. The third kappa shape index (κ3) is 3.17. The number of thiazole rings is 1. The van der Waals surface area contributed by atoms with Gasteiger partial charge in [-0.15, -0.1) is 11.3 Å². The van der Waals surface area contributed by atoms with Crippen LogP contribution in [0.1, 0.15) is 10.7 Å². The van der Waals surface area contributed by atoms with Gasteiger partial charge >= 0.3 is 0 Å². The van der Waals surface area contributed by atoms with Gasteiger partial charge in [-0.25, -0.2) is 4.98 Å². The van der Waals surface area contributed by atoms with Crippen molar-refractivity contribution in [2.75, 3.05) is 5.32 Å². The van der Waals surface area contributed by atoms with Crippen molar-refractivity contribution in [1.82, 2.24) is 4.98 Å². The smallest absolute Gasteiger partial charge is 0.112 e. The second kappa shape index (κ2) is 4.94. The molecule has 0 saturated carbocycles. The fourth-order valence-corrected chi connectivity index (χ4v) is 2.30. The molecule has 4 heteroatoms. The normalized spacial score (nSPS) is 10.3. The van der Waals surface area contributed by atoms with Crippen LogP contribution in [-0.4, -0.2) is 4.98 Å². The molecule has 78 valence electrons. The minimum atomic E-state index is 0.805. The SMILES string of the molecule is Cc1csc(CNc2ccc(I)cc2)n1. The zero-order valence-corrected chi connectivity index (χ0v) is 11.3. The van der Waals surface area contributed by atoms with Crippen molar-refractivity contribution in [2.45, 2.75) is 13.5 Å².